The largest absolute Gasteiger partial charge is 0.497 e. The Bertz CT molecular complexity index is 1420. The molecule has 0 radical (unpaired) electrons. The van der Waals surface area contributed by atoms with Crippen LogP contribution in [0.3, 0.4) is 0 Å². The average molecular weight is 622 g/mol. The van der Waals surface area contributed by atoms with E-state index in [0.29, 0.717) is 41.3 Å². The van der Waals surface area contributed by atoms with Gasteiger partial charge < -0.3 is 28.6 Å². The number of aromatic nitrogens is 2. The van der Waals surface area contributed by atoms with Gasteiger partial charge in [0, 0.05) is 19.1 Å². The summed E-state index contributed by atoms with van der Waals surface area (Å²) in [6.45, 7) is 6.26. The Labute approximate surface area is 265 Å². The fourth-order valence-corrected chi connectivity index (χ4v) is 7.97. The van der Waals surface area contributed by atoms with E-state index in [1.54, 1.807) is 19.1 Å². The third-order valence-corrected chi connectivity index (χ3v) is 10.6. The molecule has 3 heterocycles. The standard InChI is InChI=1S/C35H47N3O7/c1-35(2,3)25-16-32(40)44-30-14-20-13-23(20)22(30)9-7-6-8-10-27-33(37-28-15-21(43-5)11-12-26(28)36-27)45-31-17-38(34(25)41)29(18-39)24(31)19-42-4/h11-12,15,18,20,22-25,29-31H,6-10,13-14,16-17,19H2,1-5H3/t20?,22-,23?,24+,25-,29-,30-,31+/m1/s1. The average Bonchev–Trinajstić information content (AvgIpc) is 3.56. The Morgan fingerprint density at radius 2 is 1.82 bits per heavy atom. The molecule has 2 aliphatic heterocycles. The summed E-state index contributed by atoms with van der Waals surface area (Å²) in [7, 11) is 3.19. The molecule has 4 aliphatic rings. The summed E-state index contributed by atoms with van der Waals surface area (Å²) in [6, 6.07) is 4.84. The highest BCUT2D eigenvalue weighted by Crippen LogP contribution is 2.58. The van der Waals surface area contributed by atoms with E-state index in [2.05, 4.69) is 0 Å². The highest BCUT2D eigenvalue weighted by Gasteiger charge is 2.55. The number of carbonyl (C=O) groups is 3. The Kier molecular flexibility index (Phi) is 9.05. The van der Waals surface area contributed by atoms with Crippen LogP contribution in [0.2, 0.25) is 0 Å². The van der Waals surface area contributed by atoms with E-state index in [-0.39, 0.29) is 37.6 Å². The van der Waals surface area contributed by atoms with E-state index in [4.69, 9.17) is 28.9 Å². The van der Waals surface area contributed by atoms with Crippen molar-refractivity contribution in [3.8, 4) is 11.6 Å². The van der Waals surface area contributed by atoms with Crippen molar-refractivity contribution in [1.29, 1.82) is 0 Å². The highest BCUT2D eigenvalue weighted by molar-refractivity contribution is 5.87. The van der Waals surface area contributed by atoms with Gasteiger partial charge in [-0.15, -0.1) is 0 Å². The number of benzene rings is 1. The summed E-state index contributed by atoms with van der Waals surface area (Å²) in [6.07, 6.45) is 7.00. The summed E-state index contributed by atoms with van der Waals surface area (Å²) in [5.41, 5.74) is 1.63. The van der Waals surface area contributed by atoms with Crippen LogP contribution in [-0.2, 0) is 30.3 Å². The minimum atomic E-state index is -0.770. The number of hydrogen-bond donors (Lipinski definition) is 0. The molecule has 2 bridgehead atoms. The quantitative estimate of drug-likeness (QED) is 0.351. The lowest BCUT2D eigenvalue weighted by Crippen LogP contribution is -2.47. The highest BCUT2D eigenvalue weighted by atomic mass is 16.5. The van der Waals surface area contributed by atoms with E-state index < -0.39 is 29.4 Å². The maximum Gasteiger partial charge on any atom is 0.306 e. The van der Waals surface area contributed by atoms with Gasteiger partial charge in [0.15, 0.2) is 0 Å². The summed E-state index contributed by atoms with van der Waals surface area (Å²) in [4.78, 5) is 51.8. The van der Waals surface area contributed by atoms with Gasteiger partial charge in [0.2, 0.25) is 11.8 Å². The molecule has 3 fully saturated rings. The zero-order chi connectivity index (χ0) is 31.9. The summed E-state index contributed by atoms with van der Waals surface area (Å²) < 4.78 is 23.7. The van der Waals surface area contributed by atoms with Gasteiger partial charge in [0.1, 0.15) is 29.9 Å². The van der Waals surface area contributed by atoms with E-state index in [1.807, 2.05) is 39.0 Å². The maximum absolute atomic E-state index is 14.3. The number of hydrogen-bond acceptors (Lipinski definition) is 9. The first kappa shape index (κ1) is 31.7. The second-order valence-corrected chi connectivity index (χ2v) is 14.5. The second kappa shape index (κ2) is 12.9. The molecule has 1 saturated heterocycles. The first-order valence-corrected chi connectivity index (χ1v) is 16.6. The van der Waals surface area contributed by atoms with Crippen LogP contribution in [0.4, 0.5) is 0 Å². The van der Waals surface area contributed by atoms with E-state index in [1.165, 1.54) is 6.42 Å². The van der Waals surface area contributed by atoms with Crippen molar-refractivity contribution in [3.63, 3.8) is 0 Å². The molecule has 2 saturated carbocycles. The van der Waals surface area contributed by atoms with Crippen molar-refractivity contribution < 1.29 is 33.3 Å². The number of aryl methyl sites for hydroxylation is 1. The Morgan fingerprint density at radius 3 is 2.56 bits per heavy atom. The number of esters is 1. The molecule has 0 N–H and O–H groups in total. The molecule has 10 nitrogen and oxygen atoms in total. The van der Waals surface area contributed by atoms with Gasteiger partial charge in [-0.05, 0) is 67.4 Å². The van der Waals surface area contributed by atoms with Crippen molar-refractivity contribution in [2.45, 2.75) is 90.4 Å². The number of aldehydes is 1. The lowest BCUT2D eigenvalue weighted by Gasteiger charge is -2.34. The molecule has 0 spiro atoms. The molecule has 45 heavy (non-hydrogen) atoms. The second-order valence-electron chi connectivity index (χ2n) is 14.5. The van der Waals surface area contributed by atoms with Crippen LogP contribution >= 0.6 is 0 Å². The number of ether oxygens (including phenoxy) is 4. The molecule has 1 amide bonds. The minimum Gasteiger partial charge on any atom is -0.497 e. The molecule has 1 aromatic heterocycles. The smallest absolute Gasteiger partial charge is 0.306 e. The van der Waals surface area contributed by atoms with Crippen LogP contribution in [0, 0.1) is 35.0 Å². The van der Waals surface area contributed by atoms with Crippen molar-refractivity contribution in [2.75, 3.05) is 27.4 Å². The predicted molar refractivity (Wildman–Crippen MR) is 167 cm³/mol. The van der Waals surface area contributed by atoms with Gasteiger partial charge in [-0.3, -0.25) is 9.59 Å². The van der Waals surface area contributed by atoms with Crippen LogP contribution in [-0.4, -0.2) is 78.7 Å². The normalized spacial score (nSPS) is 32.4. The third-order valence-electron chi connectivity index (χ3n) is 10.6. The number of nitrogens with zero attached hydrogens (tertiary/aromatic N) is 3. The molecular weight excluding hydrogens is 574 g/mol. The molecule has 1 aromatic carbocycles. The van der Waals surface area contributed by atoms with Crippen molar-refractivity contribution >= 4 is 29.2 Å². The summed E-state index contributed by atoms with van der Waals surface area (Å²) in [5, 5.41) is 0. The monoisotopic (exact) mass is 621 g/mol. The molecular formula is C35H47N3O7. The van der Waals surface area contributed by atoms with Crippen molar-refractivity contribution in [2.24, 2.45) is 35.0 Å². The number of rotatable bonds is 4. The Balaban J connectivity index is 1.37. The summed E-state index contributed by atoms with van der Waals surface area (Å²) >= 11 is 0. The van der Waals surface area contributed by atoms with Gasteiger partial charge in [0.25, 0.3) is 0 Å². The molecule has 2 aromatic rings. The van der Waals surface area contributed by atoms with E-state index >= 15 is 0 Å². The SMILES string of the molecule is COC[C@@H]1[C@@H]2CN(C(=O)[C@H](C(C)(C)C)CC(=O)O[C@@H]3CC4CC4[C@H]3CCCCCc3nc4ccc(OC)cc4nc3O2)[C@@H]1C=O. The van der Waals surface area contributed by atoms with Crippen LogP contribution in [0.5, 0.6) is 11.6 Å². The predicted octanol–water partition coefficient (Wildman–Crippen LogP) is 4.79. The van der Waals surface area contributed by atoms with Crippen LogP contribution in [0.1, 0.15) is 71.4 Å². The molecule has 244 valence electrons. The zero-order valence-electron chi connectivity index (χ0n) is 27.2. The maximum atomic E-state index is 14.3. The topological polar surface area (TPSA) is 117 Å². The van der Waals surface area contributed by atoms with E-state index in [9.17, 15) is 14.4 Å². The lowest BCUT2D eigenvalue weighted by molar-refractivity contribution is -0.158. The number of methoxy groups -OCH3 is 2. The zero-order valence-corrected chi connectivity index (χ0v) is 27.2. The van der Waals surface area contributed by atoms with Crippen LogP contribution in [0.25, 0.3) is 11.0 Å². The number of fused-ring (bicyclic) bond motifs is 7. The fraction of sp³-hybridized carbons (Fsp3) is 0.686. The Hall–Kier alpha value is -3.27. The summed E-state index contributed by atoms with van der Waals surface area (Å²) in [5.74, 6) is 1.10. The number of carbonyl (C=O) groups excluding carboxylic acids is 3. The molecule has 10 heteroatoms. The minimum absolute atomic E-state index is 0.0223. The first-order chi connectivity index (χ1) is 21.6. The van der Waals surface area contributed by atoms with E-state index in [0.717, 1.165) is 49.6 Å². The van der Waals surface area contributed by atoms with Gasteiger partial charge in [-0.1, -0.05) is 33.6 Å². The molecule has 2 unspecified atom stereocenters. The van der Waals surface area contributed by atoms with Crippen molar-refractivity contribution in [1.82, 2.24) is 14.9 Å². The van der Waals surface area contributed by atoms with Gasteiger partial charge >= 0.3 is 5.97 Å². The molecule has 2 aliphatic carbocycles. The van der Waals surface area contributed by atoms with Gasteiger partial charge in [-0.2, -0.15) is 0 Å². The Morgan fingerprint density at radius 1 is 1.00 bits per heavy atom. The molecule has 8 atom stereocenters. The number of amides is 1. The van der Waals surface area contributed by atoms with Crippen LogP contribution in [0.15, 0.2) is 18.2 Å². The lowest BCUT2D eigenvalue weighted by atomic mass is 9.77. The van der Waals surface area contributed by atoms with Gasteiger partial charge in [0.05, 0.1) is 49.7 Å². The van der Waals surface area contributed by atoms with Crippen LogP contribution < -0.4 is 9.47 Å². The first-order valence-electron chi connectivity index (χ1n) is 16.6. The third kappa shape index (κ3) is 6.53. The fourth-order valence-electron chi connectivity index (χ4n) is 7.97. The molecule has 6 rings (SSSR count). The van der Waals surface area contributed by atoms with Crippen molar-refractivity contribution in [3.05, 3.63) is 23.9 Å². The van der Waals surface area contributed by atoms with Gasteiger partial charge in [-0.25, -0.2) is 9.97 Å².